The molecule has 2 amide bonds. The summed E-state index contributed by atoms with van der Waals surface area (Å²) in [5.74, 6) is -4.72. The van der Waals surface area contributed by atoms with E-state index in [2.05, 4.69) is 15.7 Å². The quantitative estimate of drug-likeness (QED) is 0.637. The highest BCUT2D eigenvalue weighted by atomic mass is 19.1. The lowest BCUT2D eigenvalue weighted by molar-refractivity contribution is -0.118. The first kappa shape index (κ1) is 20.8. The van der Waals surface area contributed by atoms with Crippen LogP contribution in [0.2, 0.25) is 0 Å². The van der Waals surface area contributed by atoms with E-state index in [4.69, 9.17) is 5.26 Å². The highest BCUT2D eigenvalue weighted by molar-refractivity contribution is 6.02. The summed E-state index contributed by atoms with van der Waals surface area (Å²) in [6, 6.07) is 9.51. The minimum atomic E-state index is -1.05. The van der Waals surface area contributed by atoms with Gasteiger partial charge in [0, 0.05) is 6.07 Å². The van der Waals surface area contributed by atoms with Crippen molar-refractivity contribution in [2.75, 3.05) is 5.32 Å². The summed E-state index contributed by atoms with van der Waals surface area (Å²) in [4.78, 5) is 25.4. The van der Waals surface area contributed by atoms with Gasteiger partial charge in [0.2, 0.25) is 5.91 Å². The first-order valence-corrected chi connectivity index (χ1v) is 10.2. The lowest BCUT2D eigenvalue weighted by Crippen LogP contribution is -2.45. The number of halogens is 3. The Hall–Kier alpha value is -4.13. The fourth-order valence-electron chi connectivity index (χ4n) is 4.29. The van der Waals surface area contributed by atoms with Crippen LogP contribution in [0.1, 0.15) is 39.5 Å². The van der Waals surface area contributed by atoms with E-state index in [0.29, 0.717) is 29.2 Å². The van der Waals surface area contributed by atoms with Crippen LogP contribution in [-0.2, 0) is 11.3 Å². The van der Waals surface area contributed by atoms with Crippen molar-refractivity contribution in [2.24, 2.45) is 5.92 Å². The average Bonchev–Trinajstić information content (AvgIpc) is 3.49. The molecule has 2 N–H and O–H groups in total. The predicted molar refractivity (Wildman–Crippen MR) is 110 cm³/mol. The number of nitriles is 1. The molecule has 1 unspecified atom stereocenters. The third-order valence-corrected chi connectivity index (χ3v) is 5.90. The molecule has 0 spiro atoms. The minimum absolute atomic E-state index is 0.0966. The van der Waals surface area contributed by atoms with Gasteiger partial charge >= 0.3 is 0 Å². The van der Waals surface area contributed by atoms with Crippen molar-refractivity contribution in [3.8, 4) is 6.07 Å². The van der Waals surface area contributed by atoms with Crippen LogP contribution in [0.4, 0.5) is 18.9 Å². The van der Waals surface area contributed by atoms with Gasteiger partial charge in [0.05, 0.1) is 30.1 Å². The standard InChI is InChI=1S/C23H16F3N5O2/c24-13-5-15-14-7-16(14)20(22(32)28-19(15)17(25)6-13)29-23(33)21-18(26)10-31(30-21)9-12-3-1-2-11(4-12)8-27/h1-6,10,14,16,20H,7,9H2,(H,28,32)(H,29,33)/t14-,16?,20-/m0/s1. The van der Waals surface area contributed by atoms with E-state index >= 15 is 0 Å². The second-order valence-electron chi connectivity index (χ2n) is 8.13. The number of hydrogen-bond donors (Lipinski definition) is 2. The Balaban J connectivity index is 1.34. The molecule has 2 heterocycles. The van der Waals surface area contributed by atoms with Gasteiger partial charge in [0.1, 0.15) is 17.7 Å². The second kappa shape index (κ2) is 7.78. The predicted octanol–water partition coefficient (Wildman–Crippen LogP) is 3.07. The molecule has 1 aliphatic carbocycles. The molecule has 166 valence electrons. The maximum Gasteiger partial charge on any atom is 0.275 e. The van der Waals surface area contributed by atoms with E-state index in [0.717, 1.165) is 6.20 Å². The summed E-state index contributed by atoms with van der Waals surface area (Å²) in [6.45, 7) is 0.133. The third kappa shape index (κ3) is 3.82. The van der Waals surface area contributed by atoms with Crippen LogP contribution in [0.25, 0.3) is 0 Å². The van der Waals surface area contributed by atoms with Gasteiger partial charge < -0.3 is 10.6 Å². The molecule has 2 aliphatic rings. The van der Waals surface area contributed by atoms with Crippen LogP contribution in [0.3, 0.4) is 0 Å². The number of fused-ring (bicyclic) bond motifs is 3. The lowest BCUT2D eigenvalue weighted by Gasteiger charge is -2.16. The van der Waals surface area contributed by atoms with Gasteiger partial charge in [0.15, 0.2) is 11.5 Å². The monoisotopic (exact) mass is 451 g/mol. The number of benzene rings is 2. The number of carbonyl (C=O) groups excluding carboxylic acids is 2. The fourth-order valence-corrected chi connectivity index (χ4v) is 4.29. The maximum absolute atomic E-state index is 14.5. The molecule has 5 rings (SSSR count). The molecule has 10 heteroatoms. The van der Waals surface area contributed by atoms with Crippen LogP contribution in [0, 0.1) is 34.7 Å². The zero-order chi connectivity index (χ0) is 23.3. The van der Waals surface area contributed by atoms with Crippen LogP contribution >= 0.6 is 0 Å². The largest absolute Gasteiger partial charge is 0.338 e. The van der Waals surface area contributed by atoms with Gasteiger partial charge in [-0.3, -0.25) is 14.3 Å². The average molecular weight is 451 g/mol. The maximum atomic E-state index is 14.5. The fraction of sp³-hybridized carbons (Fsp3) is 0.217. The van der Waals surface area contributed by atoms with E-state index in [1.807, 2.05) is 6.07 Å². The smallest absolute Gasteiger partial charge is 0.275 e. The summed E-state index contributed by atoms with van der Waals surface area (Å²) in [5.41, 5.74) is 0.891. The number of aromatic nitrogens is 2. The van der Waals surface area contributed by atoms with E-state index < -0.39 is 41.0 Å². The van der Waals surface area contributed by atoms with E-state index in [1.165, 1.54) is 10.7 Å². The van der Waals surface area contributed by atoms with Gasteiger partial charge in [-0.05, 0) is 47.6 Å². The van der Waals surface area contributed by atoms with Crippen molar-refractivity contribution >= 4 is 17.5 Å². The van der Waals surface area contributed by atoms with E-state index in [9.17, 15) is 22.8 Å². The van der Waals surface area contributed by atoms with Gasteiger partial charge in [-0.1, -0.05) is 12.1 Å². The van der Waals surface area contributed by atoms with Crippen molar-refractivity contribution in [1.82, 2.24) is 15.1 Å². The number of hydrogen-bond acceptors (Lipinski definition) is 4. The van der Waals surface area contributed by atoms with E-state index in [-0.39, 0.29) is 24.1 Å². The number of nitrogens with zero attached hydrogens (tertiary/aromatic N) is 3. The molecule has 7 nitrogen and oxygen atoms in total. The summed E-state index contributed by atoms with van der Waals surface area (Å²) in [7, 11) is 0. The number of nitrogens with one attached hydrogen (secondary N) is 2. The van der Waals surface area contributed by atoms with Crippen molar-refractivity contribution in [3.05, 3.63) is 82.4 Å². The Kier molecular flexibility index (Phi) is 4.89. The molecule has 0 radical (unpaired) electrons. The first-order chi connectivity index (χ1) is 15.8. The molecular formula is C23H16F3N5O2. The molecule has 2 aromatic carbocycles. The Morgan fingerprint density at radius 2 is 2.06 bits per heavy atom. The zero-order valence-corrected chi connectivity index (χ0v) is 17.0. The molecule has 33 heavy (non-hydrogen) atoms. The van der Waals surface area contributed by atoms with Gasteiger partial charge in [-0.25, -0.2) is 13.2 Å². The highest BCUT2D eigenvalue weighted by Gasteiger charge is 2.51. The van der Waals surface area contributed by atoms with Gasteiger partial charge in [0.25, 0.3) is 5.91 Å². The first-order valence-electron chi connectivity index (χ1n) is 10.2. The molecule has 1 saturated carbocycles. The van der Waals surface area contributed by atoms with Gasteiger partial charge in [-0.15, -0.1) is 0 Å². The summed E-state index contributed by atoms with van der Waals surface area (Å²) in [5, 5.41) is 17.9. The molecule has 1 aliphatic heterocycles. The number of rotatable bonds is 4. The number of amides is 2. The normalized spacial score (nSPS) is 20.7. The Bertz CT molecular complexity index is 1350. The zero-order valence-electron chi connectivity index (χ0n) is 17.0. The van der Waals surface area contributed by atoms with Crippen molar-refractivity contribution in [2.45, 2.75) is 24.9 Å². The molecular weight excluding hydrogens is 435 g/mol. The van der Waals surface area contributed by atoms with Gasteiger partial charge in [-0.2, -0.15) is 10.4 Å². The van der Waals surface area contributed by atoms with Crippen molar-refractivity contribution in [1.29, 1.82) is 5.26 Å². The SMILES string of the molecule is N#Cc1cccc(Cn2cc(F)c(C(=O)N[C@@H]3C(=O)Nc4c(F)cc(F)cc4[C@@H]4CC34)n2)c1. The summed E-state index contributed by atoms with van der Waals surface area (Å²) >= 11 is 0. The lowest BCUT2D eigenvalue weighted by atomic mass is 10.1. The minimum Gasteiger partial charge on any atom is -0.338 e. The van der Waals surface area contributed by atoms with Crippen molar-refractivity contribution in [3.63, 3.8) is 0 Å². The third-order valence-electron chi connectivity index (χ3n) is 5.90. The molecule has 3 atom stereocenters. The Labute approximate surface area is 185 Å². The highest BCUT2D eigenvalue weighted by Crippen LogP contribution is 2.54. The Morgan fingerprint density at radius 3 is 2.85 bits per heavy atom. The van der Waals surface area contributed by atoms with Crippen LogP contribution in [0.5, 0.6) is 0 Å². The second-order valence-corrected chi connectivity index (χ2v) is 8.13. The van der Waals surface area contributed by atoms with E-state index in [1.54, 1.807) is 24.3 Å². The molecule has 1 fully saturated rings. The topological polar surface area (TPSA) is 99.8 Å². The summed E-state index contributed by atoms with van der Waals surface area (Å²) < 4.78 is 43.5. The molecule has 0 saturated heterocycles. The molecule has 0 bridgehead atoms. The van der Waals surface area contributed by atoms with Crippen molar-refractivity contribution < 1.29 is 22.8 Å². The van der Waals surface area contributed by atoms with Crippen LogP contribution in [-0.4, -0.2) is 27.6 Å². The Morgan fingerprint density at radius 1 is 1.24 bits per heavy atom. The number of carbonyl (C=O) groups is 2. The molecule has 3 aromatic rings. The number of anilines is 1. The summed E-state index contributed by atoms with van der Waals surface area (Å²) in [6.07, 6.45) is 1.51. The molecule has 1 aromatic heterocycles. The van der Waals surface area contributed by atoms with Crippen LogP contribution in [0.15, 0.2) is 42.6 Å². The van der Waals surface area contributed by atoms with Crippen LogP contribution < -0.4 is 10.6 Å².